The number of fused-ring (bicyclic) bond motifs is 5. The lowest BCUT2D eigenvalue weighted by molar-refractivity contribution is -0.140. The van der Waals surface area contributed by atoms with Gasteiger partial charge in [0.05, 0.1) is 5.56 Å². The monoisotopic (exact) mass is 298 g/mol. The van der Waals surface area contributed by atoms with Crippen molar-refractivity contribution in [2.75, 3.05) is 0 Å². The van der Waals surface area contributed by atoms with Gasteiger partial charge in [-0.15, -0.1) is 0 Å². The average Bonchev–Trinajstić information content (AvgIpc) is 2.85. The summed E-state index contributed by atoms with van der Waals surface area (Å²) in [5, 5.41) is 0. The minimum atomic E-state index is -4.77. The molecule has 112 valence electrons. The van der Waals surface area contributed by atoms with Crippen LogP contribution in [0, 0.1) is 35.4 Å². The molecule has 21 heavy (non-hydrogen) atoms. The van der Waals surface area contributed by atoms with E-state index >= 15 is 0 Å². The first kappa shape index (κ1) is 13.3. The van der Waals surface area contributed by atoms with E-state index in [4.69, 9.17) is 0 Å². The molecule has 0 aromatic heterocycles. The molecule has 1 aromatic carbocycles. The molecule has 3 aliphatic carbocycles. The van der Waals surface area contributed by atoms with E-state index < -0.39 is 17.6 Å². The highest BCUT2D eigenvalue weighted by Crippen LogP contribution is 2.69. The van der Waals surface area contributed by atoms with Crippen molar-refractivity contribution in [3.63, 3.8) is 0 Å². The topological polar surface area (TPSA) is 17.1 Å². The number of rotatable bonds is 2. The number of Topliss-reactive ketones (excluding diaryl/α,β-unsaturated/α-hetero) is 1. The Balaban J connectivity index is 1.62. The molecule has 0 amide bonds. The lowest BCUT2D eigenvalue weighted by Crippen LogP contribution is -2.13. The maximum atomic E-state index is 13.3. The van der Waals surface area contributed by atoms with Crippen LogP contribution in [-0.4, -0.2) is 5.78 Å². The van der Waals surface area contributed by atoms with E-state index in [1.54, 1.807) is 0 Å². The number of benzene rings is 1. The third-order valence-corrected chi connectivity index (χ3v) is 5.59. The van der Waals surface area contributed by atoms with Gasteiger partial charge in [-0.3, -0.25) is 4.79 Å². The SMILES string of the molecule is O=C(c1ccc(F)c(C(F)(F)F)c1)C1C2C3CCC(C3)C12. The molecule has 3 fully saturated rings. The van der Waals surface area contributed by atoms with Gasteiger partial charge in [0.25, 0.3) is 0 Å². The standard InChI is InChI=1S/C16H14F4O/c17-11-4-3-9(6-10(11)16(18,19)20)15(21)14-12-7-1-2-8(5-7)13(12)14/h3-4,6-8,12-14H,1-2,5H2. The highest BCUT2D eigenvalue weighted by Gasteiger charge is 2.67. The van der Waals surface area contributed by atoms with Crippen LogP contribution in [-0.2, 0) is 6.18 Å². The number of halogens is 4. The molecule has 0 heterocycles. The third-order valence-electron chi connectivity index (χ3n) is 5.59. The Labute approximate surface area is 119 Å². The van der Waals surface area contributed by atoms with Crippen molar-refractivity contribution in [3.05, 3.63) is 35.1 Å². The summed E-state index contributed by atoms with van der Waals surface area (Å²) in [6, 6.07) is 2.61. The zero-order chi connectivity index (χ0) is 14.9. The average molecular weight is 298 g/mol. The van der Waals surface area contributed by atoms with Crippen molar-refractivity contribution < 1.29 is 22.4 Å². The summed E-state index contributed by atoms with van der Waals surface area (Å²) < 4.78 is 51.4. The Morgan fingerprint density at radius 1 is 1.10 bits per heavy atom. The predicted octanol–water partition coefficient (Wildman–Crippen LogP) is 4.32. The van der Waals surface area contributed by atoms with E-state index in [0.29, 0.717) is 29.7 Å². The summed E-state index contributed by atoms with van der Waals surface area (Å²) in [6.45, 7) is 0. The van der Waals surface area contributed by atoms with Gasteiger partial charge in [0.2, 0.25) is 0 Å². The fraction of sp³-hybridized carbons (Fsp3) is 0.562. The van der Waals surface area contributed by atoms with Crippen molar-refractivity contribution in [2.24, 2.45) is 29.6 Å². The molecule has 4 atom stereocenters. The van der Waals surface area contributed by atoms with Crippen LogP contribution in [0.5, 0.6) is 0 Å². The maximum absolute atomic E-state index is 13.3. The Hall–Kier alpha value is -1.39. The van der Waals surface area contributed by atoms with Crippen molar-refractivity contribution in [3.8, 4) is 0 Å². The van der Waals surface area contributed by atoms with Gasteiger partial charge in [0.15, 0.2) is 5.78 Å². The summed E-state index contributed by atoms with van der Waals surface area (Å²) in [5.41, 5.74) is -1.34. The second-order valence-electron chi connectivity index (χ2n) is 6.57. The smallest absolute Gasteiger partial charge is 0.294 e. The first-order valence-electron chi connectivity index (χ1n) is 7.29. The number of carbonyl (C=O) groups is 1. The number of ketones is 1. The summed E-state index contributed by atoms with van der Waals surface area (Å²) >= 11 is 0. The number of hydrogen-bond acceptors (Lipinski definition) is 1. The van der Waals surface area contributed by atoms with E-state index in [1.165, 1.54) is 12.5 Å². The van der Waals surface area contributed by atoms with Crippen LogP contribution in [0.4, 0.5) is 17.6 Å². The number of carbonyl (C=O) groups excluding carboxylic acids is 1. The molecule has 5 heteroatoms. The quantitative estimate of drug-likeness (QED) is 0.587. The maximum Gasteiger partial charge on any atom is 0.419 e. The van der Waals surface area contributed by atoms with Gasteiger partial charge in [-0.25, -0.2) is 4.39 Å². The van der Waals surface area contributed by atoms with Crippen LogP contribution in [0.15, 0.2) is 18.2 Å². The van der Waals surface area contributed by atoms with Crippen molar-refractivity contribution >= 4 is 5.78 Å². The van der Waals surface area contributed by atoms with Crippen LogP contribution in [0.1, 0.15) is 35.2 Å². The Morgan fingerprint density at radius 2 is 1.71 bits per heavy atom. The first-order chi connectivity index (χ1) is 9.88. The van der Waals surface area contributed by atoms with Crippen LogP contribution >= 0.6 is 0 Å². The second-order valence-corrected chi connectivity index (χ2v) is 6.57. The molecule has 0 aliphatic heterocycles. The zero-order valence-electron chi connectivity index (χ0n) is 11.2. The van der Waals surface area contributed by atoms with Crippen molar-refractivity contribution in [1.82, 2.24) is 0 Å². The molecule has 1 aromatic rings. The van der Waals surface area contributed by atoms with Gasteiger partial charge >= 0.3 is 6.18 Å². The molecule has 3 saturated carbocycles. The normalized spacial score (nSPS) is 36.7. The molecule has 0 spiro atoms. The Kier molecular flexibility index (Phi) is 2.58. The van der Waals surface area contributed by atoms with Gasteiger partial charge in [0.1, 0.15) is 5.82 Å². The van der Waals surface area contributed by atoms with E-state index in [0.717, 1.165) is 18.9 Å². The highest BCUT2D eigenvalue weighted by molar-refractivity contribution is 6.00. The minimum absolute atomic E-state index is 0.00234. The summed E-state index contributed by atoms with van der Waals surface area (Å²) in [7, 11) is 0. The van der Waals surface area contributed by atoms with E-state index in [1.807, 2.05) is 0 Å². The van der Waals surface area contributed by atoms with Gasteiger partial charge < -0.3 is 0 Å². The molecule has 3 aliphatic rings. The van der Waals surface area contributed by atoms with Crippen LogP contribution in [0.2, 0.25) is 0 Å². The summed E-state index contributed by atoms with van der Waals surface area (Å²) in [4.78, 5) is 12.4. The van der Waals surface area contributed by atoms with Gasteiger partial charge in [0, 0.05) is 11.5 Å². The van der Waals surface area contributed by atoms with Gasteiger partial charge in [-0.05, 0) is 61.1 Å². The third kappa shape index (κ3) is 1.86. The molecule has 0 saturated heterocycles. The molecule has 4 rings (SSSR count). The summed E-state index contributed by atoms with van der Waals surface area (Å²) in [6.07, 6.45) is -1.30. The van der Waals surface area contributed by atoms with Gasteiger partial charge in [-0.2, -0.15) is 13.2 Å². The zero-order valence-corrected chi connectivity index (χ0v) is 11.2. The van der Waals surface area contributed by atoms with E-state index in [2.05, 4.69) is 0 Å². The minimum Gasteiger partial charge on any atom is -0.294 e. The van der Waals surface area contributed by atoms with Crippen LogP contribution in [0.3, 0.4) is 0 Å². The fourth-order valence-electron chi connectivity index (χ4n) is 4.76. The fourth-order valence-corrected chi connectivity index (χ4v) is 4.76. The number of hydrogen-bond donors (Lipinski definition) is 0. The molecule has 1 nitrogen and oxygen atoms in total. The van der Waals surface area contributed by atoms with Crippen molar-refractivity contribution in [2.45, 2.75) is 25.4 Å². The summed E-state index contributed by atoms with van der Waals surface area (Å²) in [5.74, 6) is 0.226. The van der Waals surface area contributed by atoms with E-state index in [9.17, 15) is 22.4 Å². The van der Waals surface area contributed by atoms with Crippen molar-refractivity contribution in [1.29, 1.82) is 0 Å². The second kappa shape index (κ2) is 4.08. The van der Waals surface area contributed by atoms with Gasteiger partial charge in [-0.1, -0.05) is 0 Å². The molecule has 4 unspecified atom stereocenters. The Bertz CT molecular complexity index is 605. The molecular formula is C16H14F4O. The lowest BCUT2D eigenvalue weighted by Gasteiger charge is -2.11. The predicted molar refractivity (Wildman–Crippen MR) is 67.0 cm³/mol. The molecule has 0 N–H and O–H groups in total. The number of alkyl halides is 3. The van der Waals surface area contributed by atoms with Crippen LogP contribution in [0.25, 0.3) is 0 Å². The lowest BCUT2D eigenvalue weighted by atomic mass is 9.95. The largest absolute Gasteiger partial charge is 0.419 e. The molecular weight excluding hydrogens is 284 g/mol. The van der Waals surface area contributed by atoms with E-state index in [-0.39, 0.29) is 17.3 Å². The first-order valence-corrected chi connectivity index (χ1v) is 7.29. The Morgan fingerprint density at radius 3 is 2.29 bits per heavy atom. The highest BCUT2D eigenvalue weighted by atomic mass is 19.4. The van der Waals surface area contributed by atoms with Crippen LogP contribution < -0.4 is 0 Å². The molecule has 2 bridgehead atoms. The molecule has 0 radical (unpaired) electrons.